The summed E-state index contributed by atoms with van der Waals surface area (Å²) in [5.74, 6) is 0. The van der Waals surface area contributed by atoms with Gasteiger partial charge in [-0.25, -0.2) is 16.8 Å². The molecule has 2 aromatic carbocycles. The zero-order valence-corrected chi connectivity index (χ0v) is 22.1. The topological polar surface area (TPSA) is 114 Å². The smallest absolute Gasteiger partial charge is 0.744 e. The van der Waals surface area contributed by atoms with E-state index in [1.165, 1.54) is 36.4 Å². The standard InChI is InChI=1S/2C6H4Br2O3S.Ca/c2*7-5-2-1-4(3-6(5)8)12(9,10)11;/h2*1-3H,(H,9,10,11);/q;;+2/p-2. The molecule has 2 rings (SSSR count). The molecule has 0 spiro atoms. The zero-order valence-electron chi connectivity index (χ0n) is 11.9. The fourth-order valence-electron chi connectivity index (χ4n) is 1.26. The molecule has 0 amide bonds. The van der Waals surface area contributed by atoms with E-state index in [0.29, 0.717) is 17.9 Å². The van der Waals surface area contributed by atoms with Crippen LogP contribution in [0.2, 0.25) is 0 Å². The van der Waals surface area contributed by atoms with Crippen molar-refractivity contribution in [1.29, 1.82) is 0 Å². The van der Waals surface area contributed by atoms with Crippen LogP contribution in [0.15, 0.2) is 64.1 Å². The van der Waals surface area contributed by atoms with Crippen LogP contribution in [-0.4, -0.2) is 63.7 Å². The Bertz CT molecular complexity index is 884. The number of hydrogen-bond donors (Lipinski definition) is 0. The van der Waals surface area contributed by atoms with Crippen molar-refractivity contribution in [1.82, 2.24) is 0 Å². The minimum atomic E-state index is -4.34. The molecule has 25 heavy (non-hydrogen) atoms. The molecule has 0 unspecified atom stereocenters. The van der Waals surface area contributed by atoms with Crippen LogP contribution in [0.25, 0.3) is 0 Å². The number of hydrogen-bond acceptors (Lipinski definition) is 6. The van der Waals surface area contributed by atoms with Gasteiger partial charge in [-0.15, -0.1) is 0 Å². The van der Waals surface area contributed by atoms with Crippen LogP contribution in [0, 0.1) is 0 Å². The Morgan fingerprint density at radius 1 is 0.600 bits per heavy atom. The molecule has 0 radical (unpaired) electrons. The fourth-order valence-corrected chi connectivity index (χ4v) is 3.81. The summed E-state index contributed by atoms with van der Waals surface area (Å²) in [4.78, 5) is -0.477. The van der Waals surface area contributed by atoms with E-state index in [1.807, 2.05) is 0 Å². The molecule has 0 aliphatic rings. The van der Waals surface area contributed by atoms with Crippen LogP contribution in [-0.2, 0) is 20.2 Å². The van der Waals surface area contributed by atoms with E-state index in [9.17, 15) is 25.9 Å². The predicted molar refractivity (Wildman–Crippen MR) is 105 cm³/mol. The first-order valence-corrected chi connectivity index (χ1v) is 11.6. The van der Waals surface area contributed by atoms with Crippen molar-refractivity contribution in [2.75, 3.05) is 0 Å². The van der Waals surface area contributed by atoms with Crippen LogP contribution in [0.5, 0.6) is 0 Å². The molecule has 0 atom stereocenters. The molecule has 0 saturated carbocycles. The molecule has 132 valence electrons. The van der Waals surface area contributed by atoms with Crippen molar-refractivity contribution in [3.05, 3.63) is 54.3 Å². The minimum absolute atomic E-state index is 0. The molecule has 6 nitrogen and oxygen atoms in total. The number of halogens is 4. The second kappa shape index (κ2) is 10.8. The van der Waals surface area contributed by atoms with Gasteiger partial charge in [0, 0.05) is 17.9 Å². The van der Waals surface area contributed by atoms with Gasteiger partial charge in [0.25, 0.3) is 0 Å². The van der Waals surface area contributed by atoms with E-state index in [0.717, 1.165) is 0 Å². The summed E-state index contributed by atoms with van der Waals surface area (Å²) in [6, 6.07) is 8.00. The van der Waals surface area contributed by atoms with Gasteiger partial charge in [0.2, 0.25) is 0 Å². The van der Waals surface area contributed by atoms with Gasteiger partial charge in [0.15, 0.2) is 0 Å². The van der Waals surface area contributed by atoms with E-state index in [1.54, 1.807) is 0 Å². The number of rotatable bonds is 2. The zero-order chi connectivity index (χ0) is 18.7. The molecule has 0 aromatic heterocycles. The molecule has 0 aliphatic carbocycles. The third kappa shape index (κ3) is 8.99. The van der Waals surface area contributed by atoms with Gasteiger partial charge < -0.3 is 9.11 Å². The number of benzene rings is 2. The second-order valence-electron chi connectivity index (χ2n) is 4.06. The first-order valence-electron chi connectivity index (χ1n) is 5.64. The van der Waals surface area contributed by atoms with Gasteiger partial charge >= 0.3 is 37.7 Å². The Kier molecular flexibility index (Phi) is 11.5. The van der Waals surface area contributed by atoms with Gasteiger partial charge in [-0.2, -0.15) is 0 Å². The van der Waals surface area contributed by atoms with Crippen molar-refractivity contribution in [2.24, 2.45) is 0 Å². The van der Waals surface area contributed by atoms with Crippen LogP contribution in [0.4, 0.5) is 0 Å². The molecule has 0 heterocycles. The van der Waals surface area contributed by atoms with Crippen molar-refractivity contribution in [2.45, 2.75) is 9.79 Å². The largest absolute Gasteiger partial charge is 2.00 e. The molecule has 0 saturated heterocycles. The first kappa shape index (κ1) is 26.4. The Morgan fingerprint density at radius 2 is 0.880 bits per heavy atom. The van der Waals surface area contributed by atoms with E-state index >= 15 is 0 Å². The Labute approximate surface area is 208 Å². The van der Waals surface area contributed by atoms with Crippen LogP contribution >= 0.6 is 63.7 Å². The van der Waals surface area contributed by atoms with Gasteiger partial charge in [0.05, 0.1) is 9.79 Å². The van der Waals surface area contributed by atoms with Crippen LogP contribution in [0.3, 0.4) is 0 Å². The van der Waals surface area contributed by atoms with Crippen LogP contribution < -0.4 is 0 Å². The Balaban J connectivity index is 0.000000443. The molecule has 0 fully saturated rings. The molecule has 0 bridgehead atoms. The summed E-state index contributed by atoms with van der Waals surface area (Å²) in [5, 5.41) is 0. The third-order valence-corrected chi connectivity index (χ3v) is 7.78. The fraction of sp³-hybridized carbons (Fsp3) is 0. The SMILES string of the molecule is O=S(=O)([O-])c1ccc(Br)c(Br)c1.O=S(=O)([O-])c1ccc(Br)c(Br)c1.[Ca+2]. The molecule has 13 heteroatoms. The summed E-state index contributed by atoms with van der Waals surface area (Å²) in [6.45, 7) is 0. The average Bonchev–Trinajstić information content (AvgIpc) is 2.43. The summed E-state index contributed by atoms with van der Waals surface area (Å²) in [5.41, 5.74) is 0. The maximum absolute atomic E-state index is 10.5. The minimum Gasteiger partial charge on any atom is -0.744 e. The van der Waals surface area contributed by atoms with Crippen LogP contribution in [0.1, 0.15) is 0 Å². The average molecular weight is 670 g/mol. The molecular weight excluding hydrogens is 664 g/mol. The van der Waals surface area contributed by atoms with Crippen molar-refractivity contribution >= 4 is 122 Å². The van der Waals surface area contributed by atoms with Gasteiger partial charge in [-0.05, 0) is 100 Å². The molecule has 0 N–H and O–H groups in total. The van der Waals surface area contributed by atoms with E-state index in [2.05, 4.69) is 63.7 Å². The summed E-state index contributed by atoms with van der Waals surface area (Å²) < 4.78 is 65.5. The monoisotopic (exact) mass is 666 g/mol. The summed E-state index contributed by atoms with van der Waals surface area (Å²) in [6.07, 6.45) is 0. The maximum atomic E-state index is 10.5. The van der Waals surface area contributed by atoms with E-state index in [4.69, 9.17) is 0 Å². The quantitative estimate of drug-likeness (QED) is 0.355. The van der Waals surface area contributed by atoms with Crippen molar-refractivity contribution in [3.8, 4) is 0 Å². The molecule has 2 aromatic rings. The summed E-state index contributed by atoms with van der Waals surface area (Å²) in [7, 11) is -8.69. The molecular formula is C12H6Br4CaO6S2. The van der Waals surface area contributed by atoms with Gasteiger partial charge in [0.1, 0.15) is 20.2 Å². The third-order valence-electron chi connectivity index (χ3n) is 2.36. The van der Waals surface area contributed by atoms with Gasteiger partial charge in [-0.3, -0.25) is 0 Å². The maximum Gasteiger partial charge on any atom is 2.00 e. The van der Waals surface area contributed by atoms with E-state index < -0.39 is 20.2 Å². The Morgan fingerprint density at radius 3 is 1.08 bits per heavy atom. The molecule has 0 aliphatic heterocycles. The summed E-state index contributed by atoms with van der Waals surface area (Å²) >= 11 is 12.5. The van der Waals surface area contributed by atoms with E-state index in [-0.39, 0.29) is 47.5 Å². The second-order valence-corrected chi connectivity index (χ2v) is 10.2. The van der Waals surface area contributed by atoms with Gasteiger partial charge in [-0.1, -0.05) is 0 Å². The predicted octanol–water partition coefficient (Wildman–Crippen LogP) is 3.85. The van der Waals surface area contributed by atoms with Crippen molar-refractivity contribution < 1.29 is 25.9 Å². The first-order chi connectivity index (χ1) is 10.8. The normalized spacial score (nSPS) is 11.1. The van der Waals surface area contributed by atoms with Crippen molar-refractivity contribution in [3.63, 3.8) is 0 Å². The Hall–Kier alpha value is 1.44.